The lowest BCUT2D eigenvalue weighted by Gasteiger charge is -2.14. The fraction of sp³-hybridized carbons (Fsp3) is 0.357. The predicted octanol–water partition coefficient (Wildman–Crippen LogP) is 3.76. The molecule has 0 fully saturated rings. The third kappa shape index (κ3) is 2.44. The van der Waals surface area contributed by atoms with Gasteiger partial charge in [-0.25, -0.2) is 4.98 Å². The van der Waals surface area contributed by atoms with Gasteiger partial charge in [0.1, 0.15) is 0 Å². The topological polar surface area (TPSA) is 33.1 Å². The van der Waals surface area contributed by atoms with Crippen LogP contribution in [0.1, 0.15) is 40.1 Å². The smallest absolute Gasteiger partial charge is 0.0975 e. The van der Waals surface area contributed by atoms with Gasteiger partial charge in [0.2, 0.25) is 0 Å². The maximum Gasteiger partial charge on any atom is 0.0975 e. The van der Waals surface area contributed by atoms with Crippen molar-refractivity contribution in [2.45, 2.75) is 31.8 Å². The number of aliphatic hydroxyl groups excluding tert-OH is 1. The van der Waals surface area contributed by atoms with Gasteiger partial charge < -0.3 is 5.11 Å². The van der Waals surface area contributed by atoms with Crippen molar-refractivity contribution >= 4 is 22.9 Å². The Labute approximate surface area is 115 Å². The minimum atomic E-state index is -0.301. The number of benzene rings is 1. The molecule has 1 N–H and O–H groups in total. The van der Waals surface area contributed by atoms with E-state index in [4.69, 9.17) is 11.6 Å². The van der Waals surface area contributed by atoms with Gasteiger partial charge in [0.05, 0.1) is 21.7 Å². The maximum absolute atomic E-state index is 9.93. The van der Waals surface area contributed by atoms with Crippen molar-refractivity contribution in [3.05, 3.63) is 50.4 Å². The Hall–Kier alpha value is -0.900. The van der Waals surface area contributed by atoms with E-state index in [1.165, 1.54) is 5.56 Å². The number of hydrogen-bond acceptors (Lipinski definition) is 3. The highest BCUT2D eigenvalue weighted by Crippen LogP contribution is 2.34. The maximum atomic E-state index is 9.93. The lowest BCUT2D eigenvalue weighted by atomic mass is 10.0. The first-order valence-electron chi connectivity index (χ1n) is 6.13. The number of thiazole rings is 1. The van der Waals surface area contributed by atoms with Crippen LogP contribution >= 0.6 is 22.9 Å². The lowest BCUT2D eigenvalue weighted by molar-refractivity contribution is 0.160. The Balaban J connectivity index is 1.83. The molecule has 2 nitrogen and oxygen atoms in total. The molecule has 0 amide bonds. The summed E-state index contributed by atoms with van der Waals surface area (Å²) in [5.74, 6) is 0. The number of fused-ring (bicyclic) bond motifs is 1. The van der Waals surface area contributed by atoms with Crippen molar-refractivity contribution in [1.29, 1.82) is 0 Å². The molecule has 0 radical (unpaired) electrons. The van der Waals surface area contributed by atoms with Crippen molar-refractivity contribution < 1.29 is 5.11 Å². The van der Waals surface area contributed by atoms with Crippen LogP contribution in [0.25, 0.3) is 0 Å². The summed E-state index contributed by atoms with van der Waals surface area (Å²) < 4.78 is 0. The van der Waals surface area contributed by atoms with Crippen LogP contribution in [0.5, 0.6) is 0 Å². The third-order valence-corrected chi connectivity index (χ3v) is 4.69. The highest BCUT2D eigenvalue weighted by molar-refractivity contribution is 7.11. The summed E-state index contributed by atoms with van der Waals surface area (Å²) in [4.78, 5) is 5.72. The van der Waals surface area contributed by atoms with Crippen molar-refractivity contribution in [3.63, 3.8) is 0 Å². The Morgan fingerprint density at radius 3 is 2.83 bits per heavy atom. The quantitative estimate of drug-likeness (QED) is 0.908. The van der Waals surface area contributed by atoms with Gasteiger partial charge in [-0.15, -0.1) is 11.3 Å². The highest BCUT2D eigenvalue weighted by atomic mass is 35.5. The van der Waals surface area contributed by atoms with Crippen LogP contribution in [0.15, 0.2) is 24.3 Å². The van der Waals surface area contributed by atoms with Crippen molar-refractivity contribution in [3.8, 4) is 0 Å². The van der Waals surface area contributed by atoms with Gasteiger partial charge in [0, 0.05) is 11.4 Å². The fourth-order valence-electron chi connectivity index (χ4n) is 2.30. The van der Waals surface area contributed by atoms with Gasteiger partial charge in [-0.1, -0.05) is 23.7 Å². The van der Waals surface area contributed by atoms with E-state index in [9.17, 15) is 5.11 Å². The normalized spacial score (nSPS) is 18.7. The molecular formula is C14H14ClNOS. The van der Waals surface area contributed by atoms with Crippen molar-refractivity contribution in [2.24, 2.45) is 0 Å². The van der Waals surface area contributed by atoms with Crippen LogP contribution in [0.2, 0.25) is 5.02 Å². The molecule has 4 heteroatoms. The average Bonchev–Trinajstić information content (AvgIpc) is 2.76. The van der Waals surface area contributed by atoms with Crippen LogP contribution < -0.4 is 0 Å². The van der Waals surface area contributed by atoms with Gasteiger partial charge in [-0.3, -0.25) is 0 Å². The Kier molecular flexibility index (Phi) is 3.37. The second-order valence-corrected chi connectivity index (χ2v) is 6.18. The summed E-state index contributed by atoms with van der Waals surface area (Å²) in [5.41, 5.74) is 2.31. The first-order valence-corrected chi connectivity index (χ1v) is 7.33. The van der Waals surface area contributed by atoms with Crippen molar-refractivity contribution in [2.75, 3.05) is 0 Å². The number of aliphatic hydroxyl groups is 1. The SMILES string of the molecule is OC1CCCc2nc(Cc3ccc(Cl)cc3)sc21. The standard InChI is InChI=1S/C14H14ClNOS/c15-10-6-4-9(5-7-10)8-13-16-11-2-1-3-12(17)14(11)18-13/h4-7,12,17H,1-3,8H2. The number of nitrogens with zero attached hydrogens (tertiary/aromatic N) is 1. The highest BCUT2D eigenvalue weighted by Gasteiger charge is 2.22. The van der Waals surface area contributed by atoms with E-state index < -0.39 is 0 Å². The van der Waals surface area contributed by atoms with E-state index in [0.717, 1.165) is 46.3 Å². The Morgan fingerprint density at radius 1 is 1.33 bits per heavy atom. The summed E-state index contributed by atoms with van der Waals surface area (Å²) in [7, 11) is 0. The van der Waals surface area contributed by atoms with Crippen molar-refractivity contribution in [1.82, 2.24) is 4.98 Å². The average molecular weight is 280 g/mol. The third-order valence-electron chi connectivity index (χ3n) is 3.23. The minimum Gasteiger partial charge on any atom is -0.388 e. The van der Waals surface area contributed by atoms with Crippen LogP contribution in [0, 0.1) is 0 Å². The minimum absolute atomic E-state index is 0.301. The molecule has 0 bridgehead atoms. The summed E-state index contributed by atoms with van der Waals surface area (Å²) in [5, 5.41) is 11.8. The van der Waals surface area contributed by atoms with E-state index in [1.54, 1.807) is 11.3 Å². The number of halogens is 1. The van der Waals surface area contributed by atoms with Crippen LogP contribution in [-0.2, 0) is 12.8 Å². The van der Waals surface area contributed by atoms with E-state index in [1.807, 2.05) is 24.3 Å². The zero-order valence-corrected chi connectivity index (χ0v) is 11.5. The Bertz CT molecular complexity index is 549. The van der Waals surface area contributed by atoms with Crippen LogP contribution in [0.3, 0.4) is 0 Å². The lowest BCUT2D eigenvalue weighted by Crippen LogP contribution is -2.06. The molecule has 2 aromatic rings. The summed E-state index contributed by atoms with van der Waals surface area (Å²) in [6.07, 6.45) is 3.43. The Morgan fingerprint density at radius 2 is 2.11 bits per heavy atom. The first-order chi connectivity index (χ1) is 8.72. The van der Waals surface area contributed by atoms with Gasteiger partial charge in [0.25, 0.3) is 0 Å². The molecule has 0 aliphatic heterocycles. The summed E-state index contributed by atoms with van der Waals surface area (Å²) in [6.45, 7) is 0. The molecule has 1 aromatic heterocycles. The zero-order valence-electron chi connectivity index (χ0n) is 9.90. The molecular weight excluding hydrogens is 266 g/mol. The zero-order chi connectivity index (χ0) is 12.5. The second kappa shape index (κ2) is 5.00. The molecule has 0 saturated heterocycles. The van der Waals surface area contributed by atoms with Gasteiger partial charge >= 0.3 is 0 Å². The number of hydrogen-bond donors (Lipinski definition) is 1. The predicted molar refractivity (Wildman–Crippen MR) is 74.3 cm³/mol. The molecule has 18 heavy (non-hydrogen) atoms. The summed E-state index contributed by atoms with van der Waals surface area (Å²) in [6, 6.07) is 7.86. The number of aryl methyl sites for hydroxylation is 1. The van der Waals surface area contributed by atoms with E-state index in [-0.39, 0.29) is 6.10 Å². The number of aromatic nitrogens is 1. The summed E-state index contributed by atoms with van der Waals surface area (Å²) >= 11 is 7.52. The van der Waals surface area contributed by atoms with Crippen LogP contribution in [-0.4, -0.2) is 10.1 Å². The van der Waals surface area contributed by atoms with E-state index in [2.05, 4.69) is 4.98 Å². The van der Waals surface area contributed by atoms with Gasteiger partial charge in [-0.2, -0.15) is 0 Å². The molecule has 3 rings (SSSR count). The molecule has 0 saturated carbocycles. The van der Waals surface area contributed by atoms with Gasteiger partial charge in [0.15, 0.2) is 0 Å². The molecule has 1 heterocycles. The monoisotopic (exact) mass is 279 g/mol. The molecule has 1 aliphatic carbocycles. The molecule has 1 unspecified atom stereocenters. The van der Waals surface area contributed by atoms with E-state index in [0.29, 0.717) is 0 Å². The molecule has 0 spiro atoms. The van der Waals surface area contributed by atoms with Crippen LogP contribution in [0.4, 0.5) is 0 Å². The molecule has 1 aliphatic rings. The first kappa shape index (κ1) is 12.2. The molecule has 1 atom stereocenters. The second-order valence-electron chi connectivity index (χ2n) is 4.63. The van der Waals surface area contributed by atoms with E-state index >= 15 is 0 Å². The molecule has 1 aromatic carbocycles. The number of rotatable bonds is 2. The largest absolute Gasteiger partial charge is 0.388 e. The molecule has 94 valence electrons. The van der Waals surface area contributed by atoms with Gasteiger partial charge in [-0.05, 0) is 37.0 Å². The fourth-order valence-corrected chi connectivity index (χ4v) is 3.59.